The summed E-state index contributed by atoms with van der Waals surface area (Å²) in [4.78, 5) is 24.3. The first-order valence-electron chi connectivity index (χ1n) is 12.6. The quantitative estimate of drug-likeness (QED) is 0.149. The number of alkyl halides is 6. The number of rotatable bonds is 10. The number of amides is 1. The van der Waals surface area contributed by atoms with Gasteiger partial charge in [0.15, 0.2) is 0 Å². The molecule has 17 heteroatoms. The van der Waals surface area contributed by atoms with E-state index in [-0.39, 0.29) is 46.6 Å². The van der Waals surface area contributed by atoms with E-state index in [1.165, 1.54) is 55.6 Å². The molecule has 0 aliphatic rings. The molecule has 0 spiro atoms. The molecule has 0 bridgehead atoms. The van der Waals surface area contributed by atoms with E-state index >= 15 is 0 Å². The largest absolute Gasteiger partial charge is 0.421 e. The zero-order valence-electron chi connectivity index (χ0n) is 22.6. The van der Waals surface area contributed by atoms with E-state index in [9.17, 15) is 39.6 Å². The number of pyridine rings is 1. The van der Waals surface area contributed by atoms with Crippen molar-refractivity contribution in [3.8, 4) is 0 Å². The lowest BCUT2D eigenvalue weighted by Crippen LogP contribution is -2.18. The lowest BCUT2D eigenvalue weighted by Gasteiger charge is -2.16. The first-order valence-corrected chi connectivity index (χ1v) is 14.3. The maximum atomic E-state index is 13.7. The van der Waals surface area contributed by atoms with E-state index in [2.05, 4.69) is 35.6 Å². The minimum atomic E-state index is -4.84. The Hall–Kier alpha value is -4.93. The molecule has 2 aromatic carbocycles. The first-order chi connectivity index (χ1) is 20.6. The molecule has 0 unspecified atom stereocenters. The highest BCUT2D eigenvalue weighted by Crippen LogP contribution is 2.35. The van der Waals surface area contributed by atoms with E-state index in [0.717, 1.165) is 18.2 Å². The van der Waals surface area contributed by atoms with Gasteiger partial charge >= 0.3 is 12.4 Å². The van der Waals surface area contributed by atoms with Crippen LogP contribution in [0.15, 0.2) is 73.1 Å². The number of nitrogens with zero attached hydrogens (tertiary/aromatic N) is 3. The Bertz CT molecular complexity index is 1770. The third kappa shape index (κ3) is 8.33. The Balaban J connectivity index is 1.54. The third-order valence-corrected chi connectivity index (χ3v) is 7.16. The van der Waals surface area contributed by atoms with Crippen molar-refractivity contribution >= 4 is 44.9 Å². The van der Waals surface area contributed by atoms with Crippen molar-refractivity contribution in [2.24, 2.45) is 0 Å². The lowest BCUT2D eigenvalue weighted by atomic mass is 10.1. The van der Waals surface area contributed by atoms with Gasteiger partial charge in [0.25, 0.3) is 5.91 Å². The second kappa shape index (κ2) is 12.7. The highest BCUT2D eigenvalue weighted by molar-refractivity contribution is 7.92. The summed E-state index contributed by atoms with van der Waals surface area (Å²) in [5.41, 5.74) is -1.78. The number of carbonyl (C=O) groups is 1. The van der Waals surface area contributed by atoms with Gasteiger partial charge in [0, 0.05) is 41.4 Å². The van der Waals surface area contributed by atoms with Crippen LogP contribution in [0.1, 0.15) is 34.0 Å². The fourth-order valence-corrected chi connectivity index (χ4v) is 4.32. The van der Waals surface area contributed by atoms with Crippen LogP contribution in [-0.4, -0.2) is 35.0 Å². The topological polar surface area (TPSA) is 138 Å². The van der Waals surface area contributed by atoms with Gasteiger partial charge in [-0.3, -0.25) is 9.52 Å². The molecule has 4 rings (SSSR count). The Morgan fingerprint density at radius 1 is 0.864 bits per heavy atom. The van der Waals surface area contributed by atoms with Crippen molar-refractivity contribution in [1.82, 2.24) is 15.0 Å². The summed E-state index contributed by atoms with van der Waals surface area (Å²) >= 11 is 0. The van der Waals surface area contributed by atoms with Crippen LogP contribution < -0.4 is 20.7 Å². The molecular formula is C27H23F6N7O3S. The molecule has 0 radical (unpaired) electrons. The van der Waals surface area contributed by atoms with Crippen molar-refractivity contribution in [2.75, 3.05) is 26.4 Å². The Kier molecular flexibility index (Phi) is 9.27. The second-order valence-electron chi connectivity index (χ2n) is 9.06. The maximum absolute atomic E-state index is 13.7. The smallest absolute Gasteiger partial charge is 0.365 e. The van der Waals surface area contributed by atoms with Gasteiger partial charge in [-0.15, -0.1) is 0 Å². The molecule has 0 saturated heterocycles. The molecular weight excluding hydrogens is 616 g/mol. The minimum Gasteiger partial charge on any atom is -0.365 e. The van der Waals surface area contributed by atoms with Crippen LogP contribution in [0, 0.1) is 0 Å². The predicted molar refractivity (Wildman–Crippen MR) is 151 cm³/mol. The summed E-state index contributed by atoms with van der Waals surface area (Å²) in [6.45, 7) is 1.12. The second-order valence-corrected chi connectivity index (χ2v) is 11.1. The Labute approximate surface area is 247 Å². The number of nitrogens with one attached hydrogen (secondary N) is 4. The van der Waals surface area contributed by atoms with E-state index < -0.39 is 45.2 Å². The van der Waals surface area contributed by atoms with Crippen molar-refractivity contribution in [1.29, 1.82) is 0 Å². The van der Waals surface area contributed by atoms with E-state index in [1.54, 1.807) is 0 Å². The van der Waals surface area contributed by atoms with Crippen LogP contribution >= 0.6 is 0 Å². The fraction of sp³-hybridized carbons (Fsp3) is 0.185. The van der Waals surface area contributed by atoms with E-state index in [0.29, 0.717) is 6.20 Å². The SMILES string of the molecule is CCS(=O)(=O)Nc1ncccc1CNc1nc(Nc2cccc(C(=O)Nc3cccc(C(F)(F)F)c3)c2)ncc1C(F)(F)F. The zero-order chi connectivity index (χ0) is 32.1. The maximum Gasteiger partial charge on any atom is 0.421 e. The summed E-state index contributed by atoms with van der Waals surface area (Å²) in [5, 5.41) is 7.61. The molecule has 4 N–H and O–H groups in total. The molecule has 4 aromatic rings. The van der Waals surface area contributed by atoms with Crippen molar-refractivity contribution < 1.29 is 39.6 Å². The molecule has 0 fully saturated rings. The summed E-state index contributed by atoms with van der Waals surface area (Å²) in [5.74, 6) is -1.96. The summed E-state index contributed by atoms with van der Waals surface area (Å²) in [7, 11) is -3.72. The van der Waals surface area contributed by atoms with Crippen molar-refractivity contribution in [3.05, 3.63) is 95.3 Å². The number of anilines is 5. The van der Waals surface area contributed by atoms with Crippen LogP contribution in [0.3, 0.4) is 0 Å². The molecule has 0 aliphatic heterocycles. The van der Waals surface area contributed by atoms with E-state index in [4.69, 9.17) is 0 Å². The number of hydrogen-bond donors (Lipinski definition) is 4. The zero-order valence-corrected chi connectivity index (χ0v) is 23.4. The Morgan fingerprint density at radius 2 is 1.59 bits per heavy atom. The first kappa shape index (κ1) is 32.0. The van der Waals surface area contributed by atoms with Crippen molar-refractivity contribution in [3.63, 3.8) is 0 Å². The average molecular weight is 640 g/mol. The summed E-state index contributed by atoms with van der Waals surface area (Å²) in [6.07, 6.45) is -7.58. The predicted octanol–water partition coefficient (Wildman–Crippen LogP) is 6.28. The van der Waals surface area contributed by atoms with Gasteiger partial charge < -0.3 is 16.0 Å². The normalized spacial score (nSPS) is 12.0. The number of hydrogen-bond acceptors (Lipinski definition) is 8. The standard InChI is InChI=1S/C27H23F6N7O3S/c1-2-44(42,43)40-22-17(7-5-11-34-22)14-35-23-21(27(31,32)33)15-36-25(39-23)38-19-9-3-6-16(12-19)24(41)37-20-10-4-8-18(13-20)26(28,29)30/h3-13,15H,2,14H2,1H3,(H,34,40)(H,37,41)(H2,35,36,38,39). The van der Waals surface area contributed by atoms with Gasteiger partial charge in [0.1, 0.15) is 17.2 Å². The number of aromatic nitrogens is 3. The number of benzene rings is 2. The van der Waals surface area contributed by atoms with Gasteiger partial charge in [-0.1, -0.05) is 18.2 Å². The monoisotopic (exact) mass is 639 g/mol. The lowest BCUT2D eigenvalue weighted by molar-refractivity contribution is -0.138. The molecule has 1 amide bonds. The van der Waals surface area contributed by atoms with Crippen LogP contribution in [0.4, 0.5) is 55.3 Å². The van der Waals surface area contributed by atoms with Crippen molar-refractivity contribution in [2.45, 2.75) is 25.8 Å². The van der Waals surface area contributed by atoms with Gasteiger partial charge in [0.2, 0.25) is 16.0 Å². The van der Waals surface area contributed by atoms with Crippen LogP contribution in [0.25, 0.3) is 0 Å². The molecule has 0 atom stereocenters. The molecule has 2 aromatic heterocycles. The third-order valence-electron chi connectivity index (χ3n) is 5.89. The van der Waals surface area contributed by atoms with Crippen LogP contribution in [0.2, 0.25) is 0 Å². The molecule has 0 aliphatic carbocycles. The molecule has 232 valence electrons. The van der Waals surface area contributed by atoms with E-state index in [1.807, 2.05) is 0 Å². The highest BCUT2D eigenvalue weighted by Gasteiger charge is 2.35. The van der Waals surface area contributed by atoms with Gasteiger partial charge in [-0.2, -0.15) is 31.3 Å². The van der Waals surface area contributed by atoms with Crippen LogP contribution in [-0.2, 0) is 28.9 Å². The molecule has 44 heavy (non-hydrogen) atoms. The molecule has 10 nitrogen and oxygen atoms in total. The Morgan fingerprint density at radius 3 is 2.30 bits per heavy atom. The number of carbonyl (C=O) groups excluding carboxylic acids is 1. The average Bonchev–Trinajstić information content (AvgIpc) is 2.96. The van der Waals surface area contributed by atoms with Gasteiger partial charge in [-0.05, 0) is 49.4 Å². The van der Waals surface area contributed by atoms with Gasteiger partial charge in [-0.25, -0.2) is 18.4 Å². The highest BCUT2D eigenvalue weighted by atomic mass is 32.2. The number of halogens is 6. The fourth-order valence-electron chi connectivity index (χ4n) is 3.70. The molecule has 2 heterocycles. The minimum absolute atomic E-state index is 0.0244. The molecule has 0 saturated carbocycles. The van der Waals surface area contributed by atoms with Gasteiger partial charge in [0.05, 0.1) is 11.3 Å². The summed E-state index contributed by atoms with van der Waals surface area (Å²) < 4.78 is 106. The van der Waals surface area contributed by atoms with Crippen LogP contribution in [0.5, 0.6) is 0 Å². The number of sulfonamides is 1. The summed E-state index contributed by atoms with van der Waals surface area (Å²) in [6, 6.07) is 12.6.